The summed E-state index contributed by atoms with van der Waals surface area (Å²) in [4.78, 5) is 17.6. The van der Waals surface area contributed by atoms with Crippen LogP contribution in [-0.2, 0) is 4.57 Å². The first-order valence-corrected chi connectivity index (χ1v) is 8.40. The van der Waals surface area contributed by atoms with Crippen molar-refractivity contribution < 1.29 is 14.4 Å². The largest absolute Gasteiger partial charge is 0.349 e. The first-order valence-electron chi connectivity index (χ1n) is 6.72. The minimum absolute atomic E-state index is 0.242. The molecule has 1 aliphatic carbocycles. The van der Waals surface area contributed by atoms with Crippen LogP contribution in [-0.4, -0.2) is 9.79 Å². The minimum atomic E-state index is -4.05. The van der Waals surface area contributed by atoms with Gasteiger partial charge in [-0.3, -0.25) is 4.57 Å². The summed E-state index contributed by atoms with van der Waals surface area (Å²) in [6, 6.07) is 0. The van der Waals surface area contributed by atoms with Gasteiger partial charge in [0.05, 0.1) is 0 Å². The van der Waals surface area contributed by atoms with E-state index in [1.54, 1.807) is 0 Å². The molecule has 0 heterocycles. The van der Waals surface area contributed by atoms with Gasteiger partial charge in [0.15, 0.2) is 0 Å². The van der Waals surface area contributed by atoms with Crippen LogP contribution < -0.4 is 0 Å². The summed E-state index contributed by atoms with van der Waals surface area (Å²) in [7, 11) is -4.05. The van der Waals surface area contributed by atoms with E-state index in [0.29, 0.717) is 0 Å². The van der Waals surface area contributed by atoms with E-state index in [-0.39, 0.29) is 5.41 Å². The molecular weight excluding hydrogens is 259 g/mol. The van der Waals surface area contributed by atoms with Gasteiger partial charge in [-0.2, -0.15) is 0 Å². The lowest BCUT2D eigenvalue weighted by atomic mass is 9.71. The SMILES string of the molecule is CC1=C(C/C=C(C)/C=C/P(=O)(O)O)C(C)(C)CCC1. The van der Waals surface area contributed by atoms with Crippen LogP contribution in [0, 0.1) is 5.41 Å². The Labute approximate surface area is 116 Å². The van der Waals surface area contributed by atoms with Gasteiger partial charge in [0.1, 0.15) is 0 Å². The van der Waals surface area contributed by atoms with E-state index < -0.39 is 7.60 Å². The molecule has 0 spiro atoms. The van der Waals surface area contributed by atoms with Crippen molar-refractivity contribution in [2.24, 2.45) is 5.41 Å². The van der Waals surface area contributed by atoms with Crippen molar-refractivity contribution in [2.45, 2.75) is 53.4 Å². The highest BCUT2D eigenvalue weighted by Gasteiger charge is 2.27. The molecule has 4 heteroatoms. The van der Waals surface area contributed by atoms with Crippen LogP contribution in [0.15, 0.2) is 34.7 Å². The first kappa shape index (κ1) is 16.4. The summed E-state index contributed by atoms with van der Waals surface area (Å²) in [5.74, 6) is 0.964. The third-order valence-electron chi connectivity index (χ3n) is 3.85. The summed E-state index contributed by atoms with van der Waals surface area (Å²) in [5, 5.41) is 0. The fraction of sp³-hybridized carbons (Fsp3) is 0.600. The minimum Gasteiger partial charge on any atom is -0.321 e. The Bertz CT molecular complexity index is 464. The van der Waals surface area contributed by atoms with Crippen molar-refractivity contribution in [1.82, 2.24) is 0 Å². The smallest absolute Gasteiger partial charge is 0.321 e. The monoisotopic (exact) mass is 284 g/mol. The Hall–Kier alpha value is -0.630. The molecule has 1 aliphatic rings. The highest BCUT2D eigenvalue weighted by molar-refractivity contribution is 7.55. The number of rotatable bonds is 4. The lowest BCUT2D eigenvalue weighted by molar-refractivity contribution is 0.360. The van der Waals surface area contributed by atoms with E-state index in [1.165, 1.54) is 36.5 Å². The Kier molecular flexibility index (Phi) is 5.37. The summed E-state index contributed by atoms with van der Waals surface area (Å²) < 4.78 is 10.8. The van der Waals surface area contributed by atoms with Gasteiger partial charge in [-0.05, 0) is 44.9 Å². The van der Waals surface area contributed by atoms with Gasteiger partial charge < -0.3 is 9.79 Å². The quantitative estimate of drug-likeness (QED) is 0.452. The van der Waals surface area contributed by atoms with Gasteiger partial charge >= 0.3 is 7.60 Å². The zero-order chi connectivity index (χ0) is 14.7. The molecule has 2 N–H and O–H groups in total. The second-order valence-corrected chi connectivity index (χ2v) is 7.53. The van der Waals surface area contributed by atoms with Gasteiger partial charge in [0.2, 0.25) is 0 Å². The number of hydrogen-bond acceptors (Lipinski definition) is 1. The molecule has 0 aromatic heterocycles. The Morgan fingerprint density at radius 1 is 1.42 bits per heavy atom. The summed E-state index contributed by atoms with van der Waals surface area (Å²) in [6.07, 6.45) is 8.07. The van der Waals surface area contributed by atoms with E-state index in [4.69, 9.17) is 9.79 Å². The summed E-state index contributed by atoms with van der Waals surface area (Å²) >= 11 is 0. The van der Waals surface area contributed by atoms with Crippen LogP contribution in [0.25, 0.3) is 0 Å². The molecule has 0 amide bonds. The van der Waals surface area contributed by atoms with Crippen molar-refractivity contribution in [1.29, 1.82) is 0 Å². The van der Waals surface area contributed by atoms with Crippen LogP contribution in [0.5, 0.6) is 0 Å². The Morgan fingerprint density at radius 3 is 2.58 bits per heavy atom. The third-order valence-corrected chi connectivity index (χ3v) is 4.38. The molecule has 0 saturated carbocycles. The molecule has 0 fully saturated rings. The molecule has 0 unspecified atom stereocenters. The van der Waals surface area contributed by atoms with Gasteiger partial charge in [-0.15, -0.1) is 0 Å². The Morgan fingerprint density at radius 2 is 2.05 bits per heavy atom. The van der Waals surface area contributed by atoms with Gasteiger partial charge in [0, 0.05) is 5.82 Å². The van der Waals surface area contributed by atoms with Crippen LogP contribution in [0.4, 0.5) is 0 Å². The first-order chi connectivity index (χ1) is 8.62. The highest BCUT2D eigenvalue weighted by Crippen LogP contribution is 2.42. The highest BCUT2D eigenvalue weighted by atomic mass is 31.2. The van der Waals surface area contributed by atoms with Crippen molar-refractivity contribution >= 4 is 7.60 Å². The van der Waals surface area contributed by atoms with E-state index in [0.717, 1.165) is 17.8 Å². The molecule has 108 valence electrons. The lowest BCUT2D eigenvalue weighted by Crippen LogP contribution is -2.20. The topological polar surface area (TPSA) is 57.5 Å². The molecule has 0 aromatic rings. The molecule has 1 rings (SSSR count). The molecule has 0 saturated heterocycles. The van der Waals surface area contributed by atoms with E-state index in [1.807, 2.05) is 6.92 Å². The van der Waals surface area contributed by atoms with Gasteiger partial charge in [-0.1, -0.05) is 42.7 Å². The fourth-order valence-corrected chi connectivity index (χ4v) is 3.10. The standard InChI is InChI=1S/C15H25O3P/c1-12(9-11-19(16,17)18)7-8-14-13(2)6-5-10-15(14,3)4/h7,9,11H,5-6,8,10H2,1-4H3,(H2,16,17,18)/b11-9+,12-7+. The third kappa shape index (κ3) is 5.48. The maximum atomic E-state index is 10.8. The zero-order valence-corrected chi connectivity index (χ0v) is 13.2. The zero-order valence-electron chi connectivity index (χ0n) is 12.3. The second-order valence-electron chi connectivity index (χ2n) is 6.05. The molecular formula is C15H25O3P. The number of allylic oxidation sites excluding steroid dienone is 5. The van der Waals surface area contributed by atoms with Crippen molar-refractivity contribution in [2.75, 3.05) is 0 Å². The molecule has 0 atom stereocenters. The fourth-order valence-electron chi connectivity index (χ4n) is 2.67. The van der Waals surface area contributed by atoms with E-state index in [9.17, 15) is 4.57 Å². The average molecular weight is 284 g/mol. The van der Waals surface area contributed by atoms with E-state index >= 15 is 0 Å². The van der Waals surface area contributed by atoms with Crippen LogP contribution >= 0.6 is 7.60 Å². The lowest BCUT2D eigenvalue weighted by Gasteiger charge is -2.34. The van der Waals surface area contributed by atoms with Crippen LogP contribution in [0.3, 0.4) is 0 Å². The number of hydrogen-bond donors (Lipinski definition) is 2. The van der Waals surface area contributed by atoms with Crippen LogP contribution in [0.2, 0.25) is 0 Å². The normalized spacial score (nSPS) is 21.3. The summed E-state index contributed by atoms with van der Waals surface area (Å²) in [5.41, 5.74) is 4.08. The van der Waals surface area contributed by atoms with Crippen LogP contribution in [0.1, 0.15) is 53.4 Å². The Balaban J connectivity index is 2.80. The van der Waals surface area contributed by atoms with Crippen molar-refractivity contribution in [3.05, 3.63) is 34.7 Å². The molecule has 3 nitrogen and oxygen atoms in total. The van der Waals surface area contributed by atoms with Gasteiger partial charge in [0.25, 0.3) is 0 Å². The van der Waals surface area contributed by atoms with Crippen molar-refractivity contribution in [3.63, 3.8) is 0 Å². The predicted octanol–water partition coefficient (Wildman–Crippen LogP) is 4.54. The average Bonchev–Trinajstić information content (AvgIpc) is 2.23. The van der Waals surface area contributed by atoms with Gasteiger partial charge in [-0.25, -0.2) is 0 Å². The molecule has 0 radical (unpaired) electrons. The maximum Gasteiger partial charge on any atom is 0.349 e. The summed E-state index contributed by atoms with van der Waals surface area (Å²) in [6.45, 7) is 8.63. The maximum absolute atomic E-state index is 10.8. The molecule has 0 aromatic carbocycles. The van der Waals surface area contributed by atoms with Crippen molar-refractivity contribution in [3.8, 4) is 0 Å². The molecule has 19 heavy (non-hydrogen) atoms. The molecule has 0 aliphatic heterocycles. The second kappa shape index (κ2) is 6.21. The predicted molar refractivity (Wildman–Crippen MR) is 79.9 cm³/mol. The molecule has 0 bridgehead atoms. The van der Waals surface area contributed by atoms with E-state index in [2.05, 4.69) is 26.8 Å².